The van der Waals surface area contributed by atoms with Crippen molar-refractivity contribution in [3.8, 4) is 16.9 Å². The van der Waals surface area contributed by atoms with Gasteiger partial charge in [0.1, 0.15) is 5.75 Å². The van der Waals surface area contributed by atoms with Crippen molar-refractivity contribution in [3.05, 3.63) is 82.9 Å². The van der Waals surface area contributed by atoms with Crippen molar-refractivity contribution >= 4 is 30.6 Å². The van der Waals surface area contributed by atoms with E-state index in [-0.39, 0.29) is 5.52 Å². The van der Waals surface area contributed by atoms with E-state index in [0.717, 1.165) is 22.0 Å². The molecule has 0 amide bonds. The first-order valence-electron chi connectivity index (χ1n) is 7.61. The van der Waals surface area contributed by atoms with Gasteiger partial charge in [0, 0.05) is 21.5 Å². The van der Waals surface area contributed by atoms with Crippen molar-refractivity contribution in [2.45, 2.75) is 6.92 Å². The molecule has 0 fully saturated rings. The first-order chi connectivity index (χ1) is 11.6. The predicted octanol–water partition coefficient (Wildman–Crippen LogP) is 5.57. The Morgan fingerprint density at radius 1 is 0.958 bits per heavy atom. The largest absolute Gasteiger partial charge is 0.460 e. The van der Waals surface area contributed by atoms with Crippen LogP contribution in [0.5, 0.6) is 5.75 Å². The zero-order chi connectivity index (χ0) is 16.7. The number of halogens is 1. The molecule has 3 aromatic rings. The lowest BCUT2D eigenvalue weighted by atomic mass is 10.0. The lowest BCUT2D eigenvalue weighted by Crippen LogP contribution is -2.19. The fourth-order valence-corrected chi connectivity index (χ4v) is 4.73. The van der Waals surface area contributed by atoms with E-state index in [1.54, 1.807) is 6.07 Å². The van der Waals surface area contributed by atoms with Gasteiger partial charge >= 0.3 is 0 Å². The van der Waals surface area contributed by atoms with Gasteiger partial charge in [0.05, 0.1) is 0 Å². The van der Waals surface area contributed by atoms with Gasteiger partial charge in [-0.1, -0.05) is 65.7 Å². The van der Waals surface area contributed by atoms with Crippen molar-refractivity contribution in [2.24, 2.45) is 0 Å². The van der Waals surface area contributed by atoms with Crippen LogP contribution in [0.3, 0.4) is 0 Å². The summed E-state index contributed by atoms with van der Waals surface area (Å²) in [5.74, 6) is 0.713. The minimum Gasteiger partial charge on any atom is -0.460 e. The Morgan fingerprint density at radius 2 is 1.71 bits per heavy atom. The minimum atomic E-state index is -1.41. The molecule has 4 heteroatoms. The van der Waals surface area contributed by atoms with Crippen LogP contribution in [0.1, 0.15) is 15.9 Å². The Labute approximate surface area is 146 Å². The molecule has 4 rings (SSSR count). The molecule has 118 valence electrons. The van der Waals surface area contributed by atoms with Crippen LogP contribution in [0.4, 0.5) is 0 Å². The van der Waals surface area contributed by atoms with E-state index in [2.05, 4.69) is 0 Å². The highest BCUT2D eigenvalue weighted by Gasteiger charge is 2.32. The van der Waals surface area contributed by atoms with Crippen LogP contribution in [0.15, 0.2) is 66.7 Å². The Balaban J connectivity index is 1.82. The Kier molecular flexibility index (Phi) is 3.88. The summed E-state index contributed by atoms with van der Waals surface area (Å²) in [5.41, 5.74) is 3.79. The van der Waals surface area contributed by atoms with E-state index < -0.39 is 8.15 Å². The average molecular weight is 353 g/mol. The molecule has 0 saturated heterocycles. The van der Waals surface area contributed by atoms with E-state index in [9.17, 15) is 4.79 Å². The molecule has 0 radical (unpaired) electrons. The Bertz CT molecular complexity index is 935. The first kappa shape index (κ1) is 15.4. The second kappa shape index (κ2) is 6.05. The maximum Gasteiger partial charge on any atom is 0.228 e. The second-order valence-corrected chi connectivity index (χ2v) is 7.81. The fourth-order valence-electron chi connectivity index (χ4n) is 2.78. The normalized spacial score (nSPS) is 15.2. The SMILES string of the molecule is Cc1ccc(C(=O)P2Oc3ccc(Cl)cc3-c3ccccc32)cc1. The van der Waals surface area contributed by atoms with Crippen LogP contribution in [-0.4, -0.2) is 5.52 Å². The van der Waals surface area contributed by atoms with Crippen molar-refractivity contribution in [1.29, 1.82) is 0 Å². The topological polar surface area (TPSA) is 26.3 Å². The summed E-state index contributed by atoms with van der Waals surface area (Å²) in [4.78, 5) is 13.0. The predicted molar refractivity (Wildman–Crippen MR) is 99.6 cm³/mol. The van der Waals surface area contributed by atoms with Crippen LogP contribution < -0.4 is 9.83 Å². The number of hydrogen-bond acceptors (Lipinski definition) is 2. The summed E-state index contributed by atoms with van der Waals surface area (Å²) >= 11 is 6.14. The van der Waals surface area contributed by atoms with E-state index in [1.807, 2.05) is 67.6 Å². The molecule has 0 aliphatic carbocycles. The van der Waals surface area contributed by atoms with Gasteiger partial charge in [-0.05, 0) is 30.7 Å². The third-order valence-corrected chi connectivity index (χ3v) is 6.10. The fraction of sp³-hybridized carbons (Fsp3) is 0.0500. The maximum atomic E-state index is 13.0. The minimum absolute atomic E-state index is 0.0260. The third kappa shape index (κ3) is 2.62. The van der Waals surface area contributed by atoms with E-state index >= 15 is 0 Å². The van der Waals surface area contributed by atoms with Gasteiger partial charge in [-0.15, -0.1) is 0 Å². The van der Waals surface area contributed by atoms with Crippen LogP contribution >= 0.6 is 19.7 Å². The smallest absolute Gasteiger partial charge is 0.228 e. The molecular weight excluding hydrogens is 339 g/mol. The molecule has 0 bridgehead atoms. The highest BCUT2D eigenvalue weighted by molar-refractivity contribution is 7.78. The molecule has 1 atom stereocenters. The van der Waals surface area contributed by atoms with Crippen molar-refractivity contribution in [2.75, 3.05) is 0 Å². The lowest BCUT2D eigenvalue weighted by molar-refractivity contribution is 0.107. The summed E-state index contributed by atoms with van der Waals surface area (Å²) in [7, 11) is -1.41. The molecule has 1 unspecified atom stereocenters. The molecule has 1 aliphatic rings. The molecule has 0 aromatic heterocycles. The van der Waals surface area contributed by atoms with Gasteiger partial charge < -0.3 is 4.52 Å². The monoisotopic (exact) mass is 352 g/mol. The van der Waals surface area contributed by atoms with Crippen LogP contribution in [-0.2, 0) is 0 Å². The average Bonchev–Trinajstić information content (AvgIpc) is 2.61. The van der Waals surface area contributed by atoms with Gasteiger partial charge in [0.15, 0.2) is 8.15 Å². The highest BCUT2D eigenvalue weighted by atomic mass is 35.5. The number of carbonyl (C=O) groups is 1. The van der Waals surface area contributed by atoms with E-state index in [4.69, 9.17) is 16.1 Å². The van der Waals surface area contributed by atoms with Gasteiger partial charge in [-0.2, -0.15) is 0 Å². The van der Waals surface area contributed by atoms with Crippen LogP contribution in [0.2, 0.25) is 5.02 Å². The second-order valence-electron chi connectivity index (χ2n) is 5.71. The first-order valence-corrected chi connectivity index (χ1v) is 9.25. The quantitative estimate of drug-likeness (QED) is 0.563. The van der Waals surface area contributed by atoms with E-state index in [1.165, 1.54) is 0 Å². The Morgan fingerprint density at radius 3 is 2.50 bits per heavy atom. The zero-order valence-electron chi connectivity index (χ0n) is 13.0. The van der Waals surface area contributed by atoms with Crippen molar-refractivity contribution < 1.29 is 9.32 Å². The van der Waals surface area contributed by atoms with Crippen molar-refractivity contribution in [1.82, 2.24) is 0 Å². The molecule has 3 aromatic carbocycles. The summed E-state index contributed by atoms with van der Waals surface area (Å²) in [5, 5.41) is 1.59. The van der Waals surface area contributed by atoms with Gasteiger partial charge in [-0.25, -0.2) is 0 Å². The molecule has 0 N–H and O–H groups in total. The highest BCUT2D eigenvalue weighted by Crippen LogP contribution is 2.50. The Hall–Kier alpha value is -2.15. The van der Waals surface area contributed by atoms with Gasteiger partial charge in [0.25, 0.3) is 0 Å². The molecular formula is C20H14ClO2P. The summed E-state index contributed by atoms with van der Waals surface area (Å²) in [6.45, 7) is 2.01. The zero-order valence-corrected chi connectivity index (χ0v) is 14.6. The maximum absolute atomic E-state index is 13.0. The van der Waals surface area contributed by atoms with Crippen LogP contribution in [0, 0.1) is 6.92 Å². The van der Waals surface area contributed by atoms with Gasteiger partial charge in [-0.3, -0.25) is 4.79 Å². The van der Waals surface area contributed by atoms with Crippen molar-refractivity contribution in [3.63, 3.8) is 0 Å². The molecule has 0 saturated carbocycles. The molecule has 24 heavy (non-hydrogen) atoms. The lowest BCUT2D eigenvalue weighted by Gasteiger charge is -2.27. The summed E-state index contributed by atoms with van der Waals surface area (Å²) in [6, 6.07) is 21.0. The number of fused-ring (bicyclic) bond motifs is 3. The molecule has 0 spiro atoms. The van der Waals surface area contributed by atoms with Gasteiger partial charge in [0.2, 0.25) is 5.52 Å². The number of hydrogen-bond donors (Lipinski definition) is 0. The molecule has 1 heterocycles. The number of aryl methyl sites for hydroxylation is 1. The molecule has 2 nitrogen and oxygen atoms in total. The number of carbonyl (C=O) groups excluding carboxylic acids is 1. The number of benzene rings is 3. The summed E-state index contributed by atoms with van der Waals surface area (Å²) in [6.07, 6.45) is 0. The van der Waals surface area contributed by atoms with Crippen LogP contribution in [0.25, 0.3) is 11.1 Å². The third-order valence-electron chi connectivity index (χ3n) is 4.03. The molecule has 1 aliphatic heterocycles. The summed E-state index contributed by atoms with van der Waals surface area (Å²) < 4.78 is 6.12. The standard InChI is InChI=1S/C20H14ClO2P/c1-13-6-8-14(9-7-13)20(22)24-19-5-3-2-4-16(19)17-12-15(21)10-11-18(17)23-24/h2-12H,1H3. The number of rotatable bonds is 2. The van der Waals surface area contributed by atoms with E-state index in [0.29, 0.717) is 16.3 Å².